The van der Waals surface area contributed by atoms with Crippen LogP contribution in [0, 0.1) is 0 Å². The van der Waals surface area contributed by atoms with Crippen LogP contribution in [0.25, 0.3) is 0 Å². The molecule has 0 aromatic rings. The molecular formula is C13H15F7O4. The Morgan fingerprint density at radius 1 is 1.08 bits per heavy atom. The van der Waals surface area contributed by atoms with Gasteiger partial charge in [0.15, 0.2) is 0 Å². The minimum absolute atomic E-state index is 0.137. The van der Waals surface area contributed by atoms with Crippen molar-refractivity contribution in [2.45, 2.75) is 50.8 Å². The highest BCUT2D eigenvalue weighted by Gasteiger charge is 2.57. The Morgan fingerprint density at radius 2 is 1.58 bits per heavy atom. The topological polar surface area (TPSA) is 52.6 Å². The summed E-state index contributed by atoms with van der Waals surface area (Å²) in [5, 5.41) is 0. The summed E-state index contributed by atoms with van der Waals surface area (Å²) in [4.78, 5) is 22.2. The third kappa shape index (κ3) is 7.18. The summed E-state index contributed by atoms with van der Waals surface area (Å²) in [6.45, 7) is 3.57. The van der Waals surface area contributed by atoms with Crippen molar-refractivity contribution < 1.29 is 49.8 Å². The molecule has 0 radical (unpaired) electrons. The van der Waals surface area contributed by atoms with Crippen LogP contribution in [0.1, 0.15) is 26.7 Å². The van der Waals surface area contributed by atoms with Gasteiger partial charge in [-0.2, -0.15) is 30.7 Å². The van der Waals surface area contributed by atoms with Crippen LogP contribution in [0.15, 0.2) is 12.2 Å². The Hall–Kier alpha value is -1.81. The number of rotatable bonds is 8. The lowest BCUT2D eigenvalue weighted by atomic mass is 10.1. The van der Waals surface area contributed by atoms with Crippen LogP contribution in [0.3, 0.4) is 0 Å². The minimum atomic E-state index is -5.86. The highest BCUT2D eigenvalue weighted by Crippen LogP contribution is 2.39. The molecule has 140 valence electrons. The van der Waals surface area contributed by atoms with Gasteiger partial charge in [0.2, 0.25) is 0 Å². The first-order valence-electron chi connectivity index (χ1n) is 6.44. The van der Waals surface area contributed by atoms with Gasteiger partial charge in [-0.05, 0) is 13.3 Å². The van der Waals surface area contributed by atoms with Crippen LogP contribution < -0.4 is 0 Å². The maximum Gasteiger partial charge on any atom is 0.453 e. The third-order valence-corrected chi connectivity index (χ3v) is 2.58. The second-order valence-corrected chi connectivity index (χ2v) is 5.04. The molecule has 0 fully saturated rings. The Kier molecular flexibility index (Phi) is 7.25. The fraction of sp³-hybridized carbons (Fsp3) is 0.692. The molecule has 1 unspecified atom stereocenters. The van der Waals surface area contributed by atoms with Crippen LogP contribution in [-0.2, 0) is 19.1 Å². The molecule has 4 nitrogen and oxygen atoms in total. The second-order valence-electron chi connectivity index (χ2n) is 5.04. The molecule has 0 saturated carbocycles. The van der Waals surface area contributed by atoms with Crippen molar-refractivity contribution in [2.75, 3.05) is 6.61 Å². The van der Waals surface area contributed by atoms with Gasteiger partial charge in [-0.25, -0.2) is 9.59 Å². The summed E-state index contributed by atoms with van der Waals surface area (Å²) in [6, 6.07) is 0. The van der Waals surface area contributed by atoms with Gasteiger partial charge in [0.05, 0.1) is 0 Å². The van der Waals surface area contributed by atoms with Gasteiger partial charge in [-0.15, -0.1) is 0 Å². The van der Waals surface area contributed by atoms with Crippen molar-refractivity contribution in [1.82, 2.24) is 0 Å². The van der Waals surface area contributed by atoms with Crippen LogP contribution in [-0.4, -0.2) is 42.7 Å². The number of esters is 2. The van der Waals surface area contributed by atoms with Crippen molar-refractivity contribution in [2.24, 2.45) is 0 Å². The van der Waals surface area contributed by atoms with E-state index in [1.165, 1.54) is 6.92 Å². The van der Waals surface area contributed by atoms with E-state index in [1.807, 2.05) is 0 Å². The zero-order valence-electron chi connectivity index (χ0n) is 12.7. The van der Waals surface area contributed by atoms with Gasteiger partial charge in [-0.3, -0.25) is 0 Å². The third-order valence-electron chi connectivity index (χ3n) is 2.58. The Balaban J connectivity index is 4.96. The van der Waals surface area contributed by atoms with E-state index in [9.17, 15) is 40.3 Å². The average Bonchev–Trinajstić information content (AvgIpc) is 2.38. The molecule has 0 aromatic heterocycles. The van der Waals surface area contributed by atoms with Crippen molar-refractivity contribution in [3.05, 3.63) is 12.2 Å². The zero-order chi connectivity index (χ0) is 19.3. The fourth-order valence-electron chi connectivity index (χ4n) is 1.21. The van der Waals surface area contributed by atoms with E-state index in [-0.39, 0.29) is 12.5 Å². The van der Waals surface area contributed by atoms with Gasteiger partial charge >= 0.3 is 30.0 Å². The predicted molar refractivity (Wildman–Crippen MR) is 66.5 cm³/mol. The van der Waals surface area contributed by atoms with E-state index < -0.39 is 55.5 Å². The zero-order valence-corrected chi connectivity index (χ0v) is 12.7. The van der Waals surface area contributed by atoms with Crippen molar-refractivity contribution in [1.29, 1.82) is 0 Å². The highest BCUT2D eigenvalue weighted by atomic mass is 19.4. The molecule has 0 spiro atoms. The Bertz CT molecular complexity index is 480. The van der Waals surface area contributed by atoms with Crippen LogP contribution in [0.4, 0.5) is 30.7 Å². The number of ether oxygens (including phenoxy) is 2. The predicted octanol–water partition coefficient (Wildman–Crippen LogP) is 3.65. The number of carbonyl (C=O) groups is 2. The summed E-state index contributed by atoms with van der Waals surface area (Å²) >= 11 is 0. The summed E-state index contributed by atoms with van der Waals surface area (Å²) in [6.07, 6.45) is -10.8. The molecule has 0 amide bonds. The summed E-state index contributed by atoms with van der Waals surface area (Å²) in [7, 11) is 0. The molecule has 0 aliphatic heterocycles. The first-order valence-corrected chi connectivity index (χ1v) is 6.44. The average molecular weight is 368 g/mol. The number of alkyl halides is 7. The molecule has 0 saturated heterocycles. The largest absolute Gasteiger partial charge is 0.458 e. The number of halogens is 7. The maximum atomic E-state index is 12.9. The highest BCUT2D eigenvalue weighted by molar-refractivity contribution is 5.86. The lowest BCUT2D eigenvalue weighted by Gasteiger charge is -2.23. The molecule has 0 bridgehead atoms. The van der Waals surface area contributed by atoms with E-state index in [0.717, 1.165) is 0 Å². The molecule has 0 N–H and O–H groups in total. The van der Waals surface area contributed by atoms with Gasteiger partial charge in [0, 0.05) is 18.9 Å². The summed E-state index contributed by atoms with van der Waals surface area (Å²) in [5.74, 6) is -12.3. The Labute approximate surface area is 132 Å². The number of hydrogen-bond acceptors (Lipinski definition) is 4. The minimum Gasteiger partial charge on any atom is -0.458 e. The lowest BCUT2D eigenvalue weighted by molar-refractivity contribution is -0.286. The standard InChI is InChI=1S/C13H15F7O4/c1-7(2)9(21)23-6-8(24-10(22)11(3,14)15)4-5-12(16,17)13(18,19)20/h8H,1,4-6H2,2-3H3. The van der Waals surface area contributed by atoms with Gasteiger partial charge < -0.3 is 9.47 Å². The van der Waals surface area contributed by atoms with Gasteiger partial charge in [0.1, 0.15) is 12.7 Å². The molecular weight excluding hydrogens is 353 g/mol. The molecule has 1 atom stereocenters. The fourth-order valence-corrected chi connectivity index (χ4v) is 1.21. The molecule has 0 aliphatic carbocycles. The van der Waals surface area contributed by atoms with Crippen molar-refractivity contribution >= 4 is 11.9 Å². The number of hydrogen-bond donors (Lipinski definition) is 0. The molecule has 0 aliphatic rings. The molecule has 0 heterocycles. The van der Waals surface area contributed by atoms with E-state index in [4.69, 9.17) is 0 Å². The van der Waals surface area contributed by atoms with Gasteiger partial charge in [0.25, 0.3) is 0 Å². The molecule has 24 heavy (non-hydrogen) atoms. The first kappa shape index (κ1) is 22.2. The maximum absolute atomic E-state index is 12.9. The van der Waals surface area contributed by atoms with Crippen molar-refractivity contribution in [3.63, 3.8) is 0 Å². The first-order chi connectivity index (χ1) is 10.6. The van der Waals surface area contributed by atoms with Crippen LogP contribution in [0.5, 0.6) is 0 Å². The molecule has 0 rings (SSSR count). The van der Waals surface area contributed by atoms with E-state index in [1.54, 1.807) is 0 Å². The lowest BCUT2D eigenvalue weighted by Crippen LogP contribution is -2.39. The van der Waals surface area contributed by atoms with E-state index >= 15 is 0 Å². The van der Waals surface area contributed by atoms with E-state index in [2.05, 4.69) is 16.1 Å². The van der Waals surface area contributed by atoms with Gasteiger partial charge in [-0.1, -0.05) is 6.58 Å². The smallest absolute Gasteiger partial charge is 0.453 e. The number of carbonyl (C=O) groups excluding carboxylic acids is 2. The second kappa shape index (κ2) is 7.84. The normalized spacial score (nSPS) is 14.0. The summed E-state index contributed by atoms with van der Waals surface area (Å²) in [5.41, 5.74) is -0.137. The SMILES string of the molecule is C=C(C)C(=O)OCC(CCC(F)(F)C(F)(F)F)OC(=O)C(C)(F)F. The van der Waals surface area contributed by atoms with Crippen LogP contribution in [0.2, 0.25) is 0 Å². The molecule has 11 heteroatoms. The van der Waals surface area contributed by atoms with E-state index in [0.29, 0.717) is 0 Å². The summed E-state index contributed by atoms with van der Waals surface area (Å²) < 4.78 is 96.0. The van der Waals surface area contributed by atoms with Crippen molar-refractivity contribution in [3.8, 4) is 0 Å². The van der Waals surface area contributed by atoms with Crippen LogP contribution >= 0.6 is 0 Å². The quantitative estimate of drug-likeness (QED) is 0.373. The Morgan fingerprint density at radius 3 is 1.96 bits per heavy atom. The molecule has 0 aromatic carbocycles. The monoisotopic (exact) mass is 368 g/mol.